The van der Waals surface area contributed by atoms with Gasteiger partial charge < -0.3 is 14.6 Å². The molecule has 1 heterocycles. The molecule has 3 rings (SSSR count). The van der Waals surface area contributed by atoms with Crippen LogP contribution in [0.4, 0.5) is 4.39 Å². The Morgan fingerprint density at radius 2 is 2.00 bits per heavy atom. The highest BCUT2D eigenvalue weighted by molar-refractivity contribution is 6.30. The minimum Gasteiger partial charge on any atom is -0.481 e. The SMILES string of the molecule is Cn1ccnc1[C@H](NC(=O)COc1ccccc1F)c1ccc(Cl)cc1. The van der Waals surface area contributed by atoms with Crippen LogP contribution in [0.2, 0.25) is 5.02 Å². The van der Waals surface area contributed by atoms with E-state index in [0.717, 1.165) is 5.56 Å². The van der Waals surface area contributed by atoms with Gasteiger partial charge in [0, 0.05) is 24.5 Å². The van der Waals surface area contributed by atoms with Gasteiger partial charge in [-0.3, -0.25) is 4.79 Å². The Morgan fingerprint density at radius 3 is 2.65 bits per heavy atom. The third kappa shape index (κ3) is 4.21. The highest BCUT2D eigenvalue weighted by atomic mass is 35.5. The van der Waals surface area contributed by atoms with E-state index in [0.29, 0.717) is 10.8 Å². The van der Waals surface area contributed by atoms with Crippen LogP contribution in [0.5, 0.6) is 5.75 Å². The van der Waals surface area contributed by atoms with Crippen molar-refractivity contribution in [3.8, 4) is 5.75 Å². The minimum absolute atomic E-state index is 0.0303. The molecule has 1 amide bonds. The third-order valence-corrected chi connectivity index (χ3v) is 4.07. The van der Waals surface area contributed by atoms with Crippen LogP contribution in [-0.2, 0) is 11.8 Å². The maximum atomic E-state index is 13.6. The molecule has 0 saturated heterocycles. The van der Waals surface area contributed by atoms with E-state index in [-0.39, 0.29) is 12.4 Å². The van der Waals surface area contributed by atoms with Crippen molar-refractivity contribution in [2.24, 2.45) is 7.05 Å². The summed E-state index contributed by atoms with van der Waals surface area (Å²) in [4.78, 5) is 16.7. The molecule has 7 heteroatoms. The fourth-order valence-corrected chi connectivity index (χ4v) is 2.64. The zero-order chi connectivity index (χ0) is 18.5. The average Bonchev–Trinajstić information content (AvgIpc) is 3.05. The van der Waals surface area contributed by atoms with Gasteiger partial charge >= 0.3 is 0 Å². The van der Waals surface area contributed by atoms with E-state index in [4.69, 9.17) is 16.3 Å². The number of ether oxygens (including phenoxy) is 1. The second-order valence-electron chi connectivity index (χ2n) is 5.67. The zero-order valence-electron chi connectivity index (χ0n) is 14.0. The maximum Gasteiger partial charge on any atom is 0.258 e. The van der Waals surface area contributed by atoms with E-state index in [2.05, 4.69) is 10.3 Å². The first-order valence-corrected chi connectivity index (χ1v) is 8.32. The quantitative estimate of drug-likeness (QED) is 0.719. The van der Waals surface area contributed by atoms with Crippen molar-refractivity contribution in [2.45, 2.75) is 6.04 Å². The highest BCUT2D eigenvalue weighted by Crippen LogP contribution is 2.22. The molecule has 0 spiro atoms. The normalized spacial score (nSPS) is 11.8. The second-order valence-corrected chi connectivity index (χ2v) is 6.10. The van der Waals surface area contributed by atoms with Gasteiger partial charge in [0.15, 0.2) is 18.2 Å². The average molecular weight is 374 g/mol. The maximum absolute atomic E-state index is 13.6. The predicted molar refractivity (Wildman–Crippen MR) is 96.5 cm³/mol. The molecule has 0 radical (unpaired) electrons. The van der Waals surface area contributed by atoms with Crippen LogP contribution in [-0.4, -0.2) is 22.1 Å². The summed E-state index contributed by atoms with van der Waals surface area (Å²) < 4.78 is 20.7. The van der Waals surface area contributed by atoms with E-state index in [9.17, 15) is 9.18 Å². The highest BCUT2D eigenvalue weighted by Gasteiger charge is 2.21. The lowest BCUT2D eigenvalue weighted by Crippen LogP contribution is -2.34. The standard InChI is InChI=1S/C19H17ClFN3O2/c1-24-11-10-22-19(24)18(13-6-8-14(20)9-7-13)23-17(25)12-26-16-5-3-2-4-15(16)21/h2-11,18H,12H2,1H3,(H,23,25)/t18-/m1/s1. The Morgan fingerprint density at radius 1 is 1.27 bits per heavy atom. The van der Waals surface area contributed by atoms with Gasteiger partial charge in [-0.25, -0.2) is 9.37 Å². The first kappa shape index (κ1) is 17.9. The van der Waals surface area contributed by atoms with Crippen LogP contribution in [0.15, 0.2) is 60.9 Å². The fourth-order valence-electron chi connectivity index (χ4n) is 2.52. The lowest BCUT2D eigenvalue weighted by atomic mass is 10.1. The number of hydrogen-bond acceptors (Lipinski definition) is 3. The Bertz CT molecular complexity index is 896. The molecule has 26 heavy (non-hydrogen) atoms. The number of carbonyl (C=O) groups is 1. The molecule has 0 fully saturated rings. The van der Waals surface area contributed by atoms with Crippen LogP contribution in [0.25, 0.3) is 0 Å². The van der Waals surface area contributed by atoms with Gasteiger partial charge in [-0.2, -0.15) is 0 Å². The van der Waals surface area contributed by atoms with Gasteiger partial charge in [-0.05, 0) is 29.8 Å². The predicted octanol–water partition coefficient (Wildman–Crippen LogP) is 3.50. The summed E-state index contributed by atoms with van der Waals surface area (Å²) in [5.41, 5.74) is 0.822. The number of aryl methyl sites for hydroxylation is 1. The summed E-state index contributed by atoms with van der Waals surface area (Å²) in [7, 11) is 1.84. The van der Waals surface area contributed by atoms with Crippen LogP contribution >= 0.6 is 11.6 Å². The molecule has 1 atom stereocenters. The number of imidazole rings is 1. The van der Waals surface area contributed by atoms with E-state index < -0.39 is 17.8 Å². The largest absolute Gasteiger partial charge is 0.481 e. The summed E-state index contributed by atoms with van der Waals surface area (Å²) in [6.07, 6.45) is 3.44. The molecule has 1 aromatic heterocycles. The number of para-hydroxylation sites is 1. The van der Waals surface area contributed by atoms with E-state index in [1.54, 1.807) is 36.7 Å². The molecular weight excluding hydrogens is 357 g/mol. The Balaban J connectivity index is 1.75. The molecule has 0 saturated carbocycles. The zero-order valence-corrected chi connectivity index (χ0v) is 14.8. The smallest absolute Gasteiger partial charge is 0.258 e. The van der Waals surface area contributed by atoms with Crippen molar-refractivity contribution in [1.82, 2.24) is 14.9 Å². The third-order valence-electron chi connectivity index (χ3n) is 3.82. The molecule has 1 N–H and O–H groups in total. The Kier molecular flexibility index (Phi) is 5.53. The number of carbonyl (C=O) groups excluding carboxylic acids is 1. The summed E-state index contributed by atoms with van der Waals surface area (Å²) in [6, 6.07) is 12.6. The van der Waals surface area contributed by atoms with Crippen molar-refractivity contribution in [3.63, 3.8) is 0 Å². The summed E-state index contributed by atoms with van der Waals surface area (Å²) in [5.74, 6) is -0.218. The first-order chi connectivity index (χ1) is 12.5. The van der Waals surface area contributed by atoms with Gasteiger partial charge in [0.05, 0.1) is 0 Å². The Hall–Kier alpha value is -2.86. The van der Waals surface area contributed by atoms with Crippen LogP contribution < -0.4 is 10.1 Å². The van der Waals surface area contributed by atoms with Crippen molar-refractivity contribution in [1.29, 1.82) is 0 Å². The summed E-state index contributed by atoms with van der Waals surface area (Å²) >= 11 is 5.95. The number of hydrogen-bond donors (Lipinski definition) is 1. The molecule has 0 aliphatic rings. The second kappa shape index (κ2) is 8.01. The fraction of sp³-hybridized carbons (Fsp3) is 0.158. The van der Waals surface area contributed by atoms with Gasteiger partial charge in [-0.15, -0.1) is 0 Å². The van der Waals surface area contributed by atoms with E-state index in [1.807, 2.05) is 23.7 Å². The van der Waals surface area contributed by atoms with Crippen LogP contribution in [0.3, 0.4) is 0 Å². The van der Waals surface area contributed by atoms with Crippen LogP contribution in [0, 0.1) is 5.82 Å². The molecule has 0 aliphatic carbocycles. The lowest BCUT2D eigenvalue weighted by molar-refractivity contribution is -0.123. The van der Waals surface area contributed by atoms with Crippen molar-refractivity contribution < 1.29 is 13.9 Å². The number of benzene rings is 2. The molecule has 0 unspecified atom stereocenters. The summed E-state index contributed by atoms with van der Waals surface area (Å²) in [6.45, 7) is -0.310. The molecular formula is C19H17ClFN3O2. The van der Waals surface area contributed by atoms with Crippen molar-refractivity contribution >= 4 is 17.5 Å². The Labute approximate surface area is 155 Å². The number of aromatic nitrogens is 2. The molecule has 3 aromatic rings. The monoisotopic (exact) mass is 373 g/mol. The topological polar surface area (TPSA) is 56.2 Å². The number of amides is 1. The number of halogens is 2. The number of nitrogens with one attached hydrogen (secondary N) is 1. The van der Waals surface area contributed by atoms with E-state index in [1.165, 1.54) is 12.1 Å². The van der Waals surface area contributed by atoms with Gasteiger partial charge in [-0.1, -0.05) is 35.9 Å². The van der Waals surface area contributed by atoms with Crippen LogP contribution in [0.1, 0.15) is 17.4 Å². The number of nitrogens with zero attached hydrogens (tertiary/aromatic N) is 2. The van der Waals surface area contributed by atoms with Gasteiger partial charge in [0.1, 0.15) is 11.9 Å². The van der Waals surface area contributed by atoms with Crippen molar-refractivity contribution in [2.75, 3.05) is 6.61 Å². The molecule has 2 aromatic carbocycles. The van der Waals surface area contributed by atoms with Gasteiger partial charge in [0.25, 0.3) is 5.91 Å². The molecule has 5 nitrogen and oxygen atoms in total. The minimum atomic E-state index is -0.515. The molecule has 0 aliphatic heterocycles. The summed E-state index contributed by atoms with van der Waals surface area (Å²) in [5, 5.41) is 3.47. The van der Waals surface area contributed by atoms with Gasteiger partial charge in [0.2, 0.25) is 0 Å². The lowest BCUT2D eigenvalue weighted by Gasteiger charge is -2.19. The molecule has 0 bridgehead atoms. The van der Waals surface area contributed by atoms with E-state index >= 15 is 0 Å². The first-order valence-electron chi connectivity index (χ1n) is 7.94. The van der Waals surface area contributed by atoms with Crippen molar-refractivity contribution in [3.05, 3.63) is 83.2 Å². The molecule has 134 valence electrons. The number of rotatable bonds is 6.